The molecule has 0 saturated heterocycles. The Morgan fingerprint density at radius 2 is 1.72 bits per heavy atom. The van der Waals surface area contributed by atoms with Crippen LogP contribution in [0.4, 0.5) is 15.8 Å². The summed E-state index contributed by atoms with van der Waals surface area (Å²) in [5, 5.41) is 5.66. The van der Waals surface area contributed by atoms with Gasteiger partial charge in [0.25, 0.3) is 5.91 Å². The van der Waals surface area contributed by atoms with Crippen LogP contribution in [0, 0.1) is 12.7 Å². The second-order valence-electron chi connectivity index (χ2n) is 6.28. The number of thioether (sulfide) groups is 1. The van der Waals surface area contributed by atoms with Gasteiger partial charge in [0.1, 0.15) is 5.82 Å². The van der Waals surface area contributed by atoms with Crippen molar-refractivity contribution in [1.29, 1.82) is 0 Å². The number of aryl methyl sites for hydroxylation is 1. The van der Waals surface area contributed by atoms with E-state index in [0.717, 1.165) is 5.56 Å². The van der Waals surface area contributed by atoms with Crippen molar-refractivity contribution in [2.24, 2.45) is 0 Å². The van der Waals surface area contributed by atoms with Crippen LogP contribution in [0.15, 0.2) is 71.6 Å². The number of carbonyl (C=O) groups is 2. The molecule has 0 fully saturated rings. The van der Waals surface area contributed by atoms with Crippen molar-refractivity contribution in [1.82, 2.24) is 0 Å². The van der Waals surface area contributed by atoms with Crippen LogP contribution >= 0.6 is 23.4 Å². The molecule has 0 aliphatic rings. The third kappa shape index (κ3) is 5.82. The molecule has 0 radical (unpaired) electrons. The molecule has 3 aromatic carbocycles. The molecular weight excluding hydrogens is 411 g/mol. The normalized spacial score (nSPS) is 10.4. The Bertz CT molecular complexity index is 1040. The van der Waals surface area contributed by atoms with Crippen LogP contribution < -0.4 is 10.6 Å². The molecule has 29 heavy (non-hydrogen) atoms. The van der Waals surface area contributed by atoms with Crippen molar-refractivity contribution >= 4 is 46.6 Å². The predicted molar refractivity (Wildman–Crippen MR) is 116 cm³/mol. The van der Waals surface area contributed by atoms with E-state index in [1.165, 1.54) is 30.0 Å². The van der Waals surface area contributed by atoms with Gasteiger partial charge in [-0.3, -0.25) is 9.59 Å². The van der Waals surface area contributed by atoms with Gasteiger partial charge in [0, 0.05) is 15.6 Å². The Balaban J connectivity index is 1.66. The van der Waals surface area contributed by atoms with E-state index in [2.05, 4.69) is 10.6 Å². The number of benzene rings is 3. The lowest BCUT2D eigenvalue weighted by Crippen LogP contribution is -2.16. The molecular formula is C22H18ClFN2O2S. The molecule has 0 spiro atoms. The number of hydrogen-bond acceptors (Lipinski definition) is 3. The molecule has 0 aliphatic carbocycles. The van der Waals surface area contributed by atoms with Crippen molar-refractivity contribution in [2.75, 3.05) is 16.4 Å². The largest absolute Gasteiger partial charge is 0.325 e. The van der Waals surface area contributed by atoms with Crippen LogP contribution in [0.25, 0.3) is 0 Å². The van der Waals surface area contributed by atoms with E-state index in [9.17, 15) is 14.0 Å². The van der Waals surface area contributed by atoms with Crippen molar-refractivity contribution in [3.05, 3.63) is 88.7 Å². The van der Waals surface area contributed by atoms with Gasteiger partial charge >= 0.3 is 0 Å². The van der Waals surface area contributed by atoms with E-state index in [4.69, 9.17) is 11.6 Å². The number of nitrogens with one attached hydrogen (secondary N) is 2. The summed E-state index contributed by atoms with van der Waals surface area (Å²) in [5.41, 5.74) is 2.16. The van der Waals surface area contributed by atoms with Crippen LogP contribution in [-0.2, 0) is 4.79 Å². The SMILES string of the molecule is Cc1ccc(NC(=O)CSc2ccccc2C(=O)Nc2cc(Cl)ccc2F)cc1. The van der Waals surface area contributed by atoms with Gasteiger partial charge in [-0.1, -0.05) is 41.4 Å². The Hall–Kier alpha value is -2.83. The molecule has 7 heteroatoms. The molecule has 0 heterocycles. The predicted octanol–water partition coefficient (Wildman–Crippen LogP) is 5.77. The third-order valence-corrected chi connectivity index (χ3v) is 5.31. The molecule has 0 bridgehead atoms. The second kappa shape index (κ2) is 9.58. The molecule has 0 aliphatic heterocycles. The summed E-state index contributed by atoms with van der Waals surface area (Å²) in [6, 6.07) is 18.3. The summed E-state index contributed by atoms with van der Waals surface area (Å²) in [4.78, 5) is 25.5. The lowest BCUT2D eigenvalue weighted by molar-refractivity contribution is -0.113. The maximum absolute atomic E-state index is 13.9. The van der Waals surface area contributed by atoms with Crippen LogP contribution in [0.5, 0.6) is 0 Å². The van der Waals surface area contributed by atoms with E-state index < -0.39 is 11.7 Å². The van der Waals surface area contributed by atoms with Crippen LogP contribution in [-0.4, -0.2) is 17.6 Å². The molecule has 0 aromatic heterocycles. The average Bonchev–Trinajstić information content (AvgIpc) is 2.71. The van der Waals surface area contributed by atoms with E-state index in [1.807, 2.05) is 31.2 Å². The number of halogens is 2. The summed E-state index contributed by atoms with van der Waals surface area (Å²) in [6.45, 7) is 1.97. The fraction of sp³-hybridized carbons (Fsp3) is 0.0909. The van der Waals surface area contributed by atoms with Crippen molar-refractivity contribution < 1.29 is 14.0 Å². The Kier molecular flexibility index (Phi) is 6.90. The lowest BCUT2D eigenvalue weighted by Gasteiger charge is -2.11. The minimum atomic E-state index is -0.578. The van der Waals surface area contributed by atoms with Crippen LogP contribution in [0.2, 0.25) is 5.02 Å². The van der Waals surface area contributed by atoms with Gasteiger partial charge in [0.05, 0.1) is 17.0 Å². The molecule has 3 rings (SSSR count). The van der Waals surface area contributed by atoms with Gasteiger partial charge in [-0.15, -0.1) is 11.8 Å². The summed E-state index contributed by atoms with van der Waals surface area (Å²) < 4.78 is 13.9. The molecule has 0 unspecified atom stereocenters. The Morgan fingerprint density at radius 3 is 2.48 bits per heavy atom. The first-order valence-electron chi connectivity index (χ1n) is 8.77. The van der Waals surface area contributed by atoms with Gasteiger partial charge in [-0.2, -0.15) is 0 Å². The highest BCUT2D eigenvalue weighted by Crippen LogP contribution is 2.25. The van der Waals surface area contributed by atoms with Crippen LogP contribution in [0.1, 0.15) is 15.9 Å². The van der Waals surface area contributed by atoms with Gasteiger partial charge in [-0.05, 0) is 49.4 Å². The summed E-state index contributed by atoms with van der Waals surface area (Å²) in [5.74, 6) is -1.11. The van der Waals surface area contributed by atoms with E-state index in [0.29, 0.717) is 21.2 Å². The fourth-order valence-corrected chi connectivity index (χ4v) is 3.56. The minimum absolute atomic E-state index is 0.000540. The highest BCUT2D eigenvalue weighted by Gasteiger charge is 2.15. The Labute approximate surface area is 177 Å². The van der Waals surface area contributed by atoms with Gasteiger partial charge < -0.3 is 10.6 Å². The van der Waals surface area contributed by atoms with Gasteiger partial charge in [0.15, 0.2) is 0 Å². The summed E-state index contributed by atoms with van der Waals surface area (Å²) in [6.07, 6.45) is 0. The first kappa shape index (κ1) is 20.9. The molecule has 2 N–H and O–H groups in total. The number of amides is 2. The number of carbonyl (C=O) groups excluding carboxylic acids is 2. The van der Waals surface area contributed by atoms with Crippen molar-refractivity contribution in [3.63, 3.8) is 0 Å². The highest BCUT2D eigenvalue weighted by atomic mass is 35.5. The molecule has 3 aromatic rings. The van der Waals surface area contributed by atoms with E-state index in [-0.39, 0.29) is 17.3 Å². The number of rotatable bonds is 6. The molecule has 0 atom stereocenters. The number of anilines is 2. The highest BCUT2D eigenvalue weighted by molar-refractivity contribution is 8.00. The van der Waals surface area contributed by atoms with Crippen molar-refractivity contribution in [3.8, 4) is 0 Å². The standard InChI is InChI=1S/C22H18ClFN2O2S/c1-14-6-9-16(10-7-14)25-21(27)13-29-20-5-3-2-4-17(20)22(28)26-19-12-15(23)8-11-18(19)24/h2-12H,13H2,1H3,(H,25,27)(H,26,28). The first-order chi connectivity index (χ1) is 13.9. The Morgan fingerprint density at radius 1 is 1.00 bits per heavy atom. The molecule has 2 amide bonds. The van der Waals surface area contributed by atoms with Crippen molar-refractivity contribution in [2.45, 2.75) is 11.8 Å². The summed E-state index contributed by atoms with van der Waals surface area (Å²) >= 11 is 7.10. The molecule has 0 saturated carbocycles. The van der Waals surface area contributed by atoms with Gasteiger partial charge in [-0.25, -0.2) is 4.39 Å². The monoisotopic (exact) mass is 428 g/mol. The van der Waals surface area contributed by atoms with E-state index in [1.54, 1.807) is 24.3 Å². The fourth-order valence-electron chi connectivity index (χ4n) is 2.54. The zero-order chi connectivity index (χ0) is 20.8. The van der Waals surface area contributed by atoms with E-state index >= 15 is 0 Å². The number of hydrogen-bond donors (Lipinski definition) is 2. The summed E-state index contributed by atoms with van der Waals surface area (Å²) in [7, 11) is 0. The molecule has 4 nitrogen and oxygen atoms in total. The zero-order valence-electron chi connectivity index (χ0n) is 15.5. The molecule has 148 valence electrons. The zero-order valence-corrected chi connectivity index (χ0v) is 17.1. The lowest BCUT2D eigenvalue weighted by atomic mass is 10.2. The topological polar surface area (TPSA) is 58.2 Å². The van der Waals surface area contributed by atoms with Gasteiger partial charge in [0.2, 0.25) is 5.91 Å². The average molecular weight is 429 g/mol. The quantitative estimate of drug-likeness (QED) is 0.490. The second-order valence-corrected chi connectivity index (χ2v) is 7.73. The third-order valence-electron chi connectivity index (χ3n) is 4.00. The maximum atomic E-state index is 13.9. The minimum Gasteiger partial charge on any atom is -0.325 e. The maximum Gasteiger partial charge on any atom is 0.256 e. The smallest absolute Gasteiger partial charge is 0.256 e. The van der Waals surface area contributed by atoms with Crippen LogP contribution in [0.3, 0.4) is 0 Å². The first-order valence-corrected chi connectivity index (χ1v) is 10.1.